The molecule has 2 heteroatoms. The minimum absolute atomic E-state index is 0.142. The highest BCUT2D eigenvalue weighted by Crippen LogP contribution is 2.55. The van der Waals surface area contributed by atoms with Crippen molar-refractivity contribution in [2.75, 3.05) is 13.7 Å². The van der Waals surface area contributed by atoms with Gasteiger partial charge in [0.1, 0.15) is 6.17 Å². The smallest absolute Gasteiger partial charge is 0.104 e. The van der Waals surface area contributed by atoms with Crippen LogP contribution in [0.3, 0.4) is 0 Å². The third-order valence-corrected chi connectivity index (χ3v) is 5.02. The summed E-state index contributed by atoms with van der Waals surface area (Å²) in [5, 5.41) is 0. The van der Waals surface area contributed by atoms with Crippen molar-refractivity contribution >= 4 is 0 Å². The van der Waals surface area contributed by atoms with E-state index >= 15 is 0 Å². The normalized spacial score (nSPS) is 50.4. The Hall–Kier alpha value is -0.110. The minimum atomic E-state index is -0.625. The Labute approximate surface area is 92.4 Å². The number of fused-ring (bicyclic) bond motifs is 2. The zero-order valence-corrected chi connectivity index (χ0v) is 10.1. The van der Waals surface area contributed by atoms with Crippen molar-refractivity contribution in [3.63, 3.8) is 0 Å². The molecule has 2 aliphatic carbocycles. The molecule has 0 aromatic heterocycles. The van der Waals surface area contributed by atoms with Crippen LogP contribution in [-0.4, -0.2) is 19.9 Å². The van der Waals surface area contributed by atoms with Gasteiger partial charge >= 0.3 is 0 Å². The second-order valence-corrected chi connectivity index (χ2v) is 5.82. The lowest BCUT2D eigenvalue weighted by Gasteiger charge is -2.35. The number of methoxy groups -OCH3 is 1. The highest BCUT2D eigenvalue weighted by atomic mass is 19.1. The van der Waals surface area contributed by atoms with Crippen molar-refractivity contribution in [2.24, 2.45) is 23.2 Å². The average Bonchev–Trinajstić information content (AvgIpc) is 2.59. The van der Waals surface area contributed by atoms with E-state index in [9.17, 15) is 4.39 Å². The molecule has 2 saturated carbocycles. The predicted octanol–water partition coefficient (Wildman–Crippen LogP) is 3.43. The van der Waals surface area contributed by atoms with E-state index in [0.29, 0.717) is 5.92 Å². The summed E-state index contributed by atoms with van der Waals surface area (Å²) < 4.78 is 19.4. The van der Waals surface area contributed by atoms with E-state index in [0.717, 1.165) is 25.4 Å². The minimum Gasteiger partial charge on any atom is -0.384 e. The molecular weight excluding hydrogens is 191 g/mol. The van der Waals surface area contributed by atoms with Crippen molar-refractivity contribution in [3.05, 3.63) is 0 Å². The maximum atomic E-state index is 14.1. The Bertz CT molecular complexity index is 231. The second-order valence-electron chi connectivity index (χ2n) is 5.82. The predicted molar refractivity (Wildman–Crippen MR) is 59.5 cm³/mol. The highest BCUT2D eigenvalue weighted by Gasteiger charge is 2.50. The van der Waals surface area contributed by atoms with Crippen LogP contribution in [0, 0.1) is 23.2 Å². The van der Waals surface area contributed by atoms with Crippen LogP contribution < -0.4 is 0 Å². The fourth-order valence-electron chi connectivity index (χ4n) is 3.78. The van der Waals surface area contributed by atoms with E-state index in [1.165, 1.54) is 12.8 Å². The quantitative estimate of drug-likeness (QED) is 0.684. The van der Waals surface area contributed by atoms with Crippen LogP contribution in [0.4, 0.5) is 4.39 Å². The van der Waals surface area contributed by atoms with Gasteiger partial charge in [-0.25, -0.2) is 4.39 Å². The summed E-state index contributed by atoms with van der Waals surface area (Å²) in [5.74, 6) is 1.47. The SMILES string of the molecule is COC[C@@]12CCC(C1)C(C)C[C@H](F)[C@H]2C. The molecule has 15 heavy (non-hydrogen) atoms. The van der Waals surface area contributed by atoms with Crippen LogP contribution in [0.1, 0.15) is 39.5 Å². The third-order valence-electron chi connectivity index (χ3n) is 5.02. The number of halogens is 1. The zero-order chi connectivity index (χ0) is 11.1. The van der Waals surface area contributed by atoms with Gasteiger partial charge in [-0.15, -0.1) is 0 Å². The van der Waals surface area contributed by atoms with E-state index in [1.54, 1.807) is 7.11 Å². The van der Waals surface area contributed by atoms with E-state index in [1.807, 2.05) is 0 Å². The van der Waals surface area contributed by atoms with Gasteiger partial charge in [0.2, 0.25) is 0 Å². The summed E-state index contributed by atoms with van der Waals surface area (Å²) in [6, 6.07) is 0. The Kier molecular flexibility index (Phi) is 3.07. The second kappa shape index (κ2) is 4.04. The summed E-state index contributed by atoms with van der Waals surface area (Å²) in [5.41, 5.74) is 0.142. The van der Waals surface area contributed by atoms with Gasteiger partial charge in [-0.3, -0.25) is 0 Å². The first-order valence-electron chi connectivity index (χ1n) is 6.22. The number of alkyl halides is 1. The lowest BCUT2D eigenvalue weighted by Crippen LogP contribution is -2.35. The summed E-state index contributed by atoms with van der Waals surface area (Å²) in [6.07, 6.45) is 3.76. The largest absolute Gasteiger partial charge is 0.384 e. The molecule has 0 aromatic carbocycles. The van der Waals surface area contributed by atoms with Crippen molar-refractivity contribution < 1.29 is 9.13 Å². The van der Waals surface area contributed by atoms with Crippen molar-refractivity contribution in [1.82, 2.24) is 0 Å². The van der Waals surface area contributed by atoms with Crippen LogP contribution in [0.15, 0.2) is 0 Å². The van der Waals surface area contributed by atoms with Crippen LogP contribution in [-0.2, 0) is 4.74 Å². The maximum Gasteiger partial charge on any atom is 0.104 e. The molecule has 5 atom stereocenters. The molecule has 88 valence electrons. The first kappa shape index (κ1) is 11.4. The molecule has 2 rings (SSSR count). The molecule has 0 aromatic rings. The summed E-state index contributed by atoms with van der Waals surface area (Å²) >= 11 is 0. The van der Waals surface area contributed by atoms with Crippen molar-refractivity contribution in [1.29, 1.82) is 0 Å². The molecule has 0 radical (unpaired) electrons. The van der Waals surface area contributed by atoms with Gasteiger partial charge in [-0.2, -0.15) is 0 Å². The summed E-state index contributed by atoms with van der Waals surface area (Å²) in [7, 11) is 1.75. The van der Waals surface area contributed by atoms with Gasteiger partial charge < -0.3 is 4.74 Å². The summed E-state index contributed by atoms with van der Waals surface area (Å²) in [4.78, 5) is 0. The third kappa shape index (κ3) is 1.82. The van der Waals surface area contributed by atoms with Gasteiger partial charge in [0.05, 0.1) is 6.61 Å². The molecule has 0 heterocycles. The van der Waals surface area contributed by atoms with E-state index in [-0.39, 0.29) is 11.3 Å². The van der Waals surface area contributed by atoms with Crippen LogP contribution in [0.25, 0.3) is 0 Å². The fraction of sp³-hybridized carbons (Fsp3) is 1.00. The van der Waals surface area contributed by atoms with E-state index in [4.69, 9.17) is 4.74 Å². The molecule has 0 saturated heterocycles. The number of rotatable bonds is 2. The number of ether oxygens (including phenoxy) is 1. The van der Waals surface area contributed by atoms with Crippen molar-refractivity contribution in [3.8, 4) is 0 Å². The molecule has 1 nitrogen and oxygen atoms in total. The first-order valence-corrected chi connectivity index (χ1v) is 6.22. The molecule has 0 spiro atoms. The van der Waals surface area contributed by atoms with Gasteiger partial charge in [0.25, 0.3) is 0 Å². The monoisotopic (exact) mass is 214 g/mol. The Morgan fingerprint density at radius 3 is 2.80 bits per heavy atom. The van der Waals surface area contributed by atoms with Gasteiger partial charge in [-0.05, 0) is 48.9 Å². The van der Waals surface area contributed by atoms with Gasteiger partial charge in [0, 0.05) is 7.11 Å². The average molecular weight is 214 g/mol. The maximum absolute atomic E-state index is 14.1. The van der Waals surface area contributed by atoms with Crippen molar-refractivity contribution in [2.45, 2.75) is 45.7 Å². The Balaban J connectivity index is 2.22. The summed E-state index contributed by atoms with van der Waals surface area (Å²) in [6.45, 7) is 5.06. The van der Waals surface area contributed by atoms with E-state index in [2.05, 4.69) is 13.8 Å². The molecule has 2 unspecified atom stereocenters. The van der Waals surface area contributed by atoms with Gasteiger partial charge in [0.15, 0.2) is 0 Å². The molecule has 2 bridgehead atoms. The first-order chi connectivity index (χ1) is 7.09. The standard InChI is InChI=1S/C13H23FO/c1-9-6-12(14)10(2)13(8-15-3)5-4-11(9)7-13/h9-12H,4-8H2,1-3H3/t9?,10-,11?,12+,13-/m1/s1. The van der Waals surface area contributed by atoms with Crippen LogP contribution >= 0.6 is 0 Å². The molecule has 2 fully saturated rings. The van der Waals surface area contributed by atoms with Crippen LogP contribution in [0.5, 0.6) is 0 Å². The molecule has 0 N–H and O–H groups in total. The Morgan fingerprint density at radius 1 is 1.40 bits per heavy atom. The topological polar surface area (TPSA) is 9.23 Å². The Morgan fingerprint density at radius 2 is 2.13 bits per heavy atom. The highest BCUT2D eigenvalue weighted by molar-refractivity contribution is 4.99. The number of hydrogen-bond acceptors (Lipinski definition) is 1. The molecule has 2 aliphatic rings. The van der Waals surface area contributed by atoms with E-state index < -0.39 is 6.17 Å². The van der Waals surface area contributed by atoms with Gasteiger partial charge in [-0.1, -0.05) is 13.8 Å². The zero-order valence-electron chi connectivity index (χ0n) is 10.1. The lowest BCUT2D eigenvalue weighted by molar-refractivity contribution is 0.0103. The molecule has 0 aliphatic heterocycles. The number of hydrogen-bond donors (Lipinski definition) is 0. The fourth-order valence-corrected chi connectivity index (χ4v) is 3.78. The molecule has 0 amide bonds. The van der Waals surface area contributed by atoms with Crippen LogP contribution in [0.2, 0.25) is 0 Å². The lowest BCUT2D eigenvalue weighted by atomic mass is 9.73. The molecular formula is C13H23FO.